The van der Waals surface area contributed by atoms with Crippen LogP contribution in [0.3, 0.4) is 0 Å². The molecule has 0 fully saturated rings. The molecule has 84 valence electrons. The van der Waals surface area contributed by atoms with Crippen molar-refractivity contribution in [1.82, 2.24) is 5.32 Å². The zero-order chi connectivity index (χ0) is 12.2. The molecule has 0 aliphatic rings. The highest BCUT2D eigenvalue weighted by atomic mass is 16.6. The summed E-state index contributed by atoms with van der Waals surface area (Å²) in [5, 5.41) is 22.0. The fourth-order valence-corrected chi connectivity index (χ4v) is 1.36. The molecule has 0 amide bonds. The zero-order valence-electron chi connectivity index (χ0n) is 9.23. The first kappa shape index (κ1) is 12.1. The monoisotopic (exact) mass is 219 g/mol. The molecular formula is C11H13N3O2. The van der Waals surface area contributed by atoms with Crippen LogP contribution in [0, 0.1) is 21.4 Å². The molecule has 0 heterocycles. The summed E-state index contributed by atoms with van der Waals surface area (Å²) < 4.78 is 0. The molecule has 0 bridgehead atoms. The summed E-state index contributed by atoms with van der Waals surface area (Å²) in [4.78, 5) is 10.0. The minimum Gasteiger partial charge on any atom is -0.295 e. The molecule has 1 rings (SSSR count). The van der Waals surface area contributed by atoms with Crippen LogP contribution in [-0.4, -0.2) is 11.5 Å². The molecule has 0 aromatic heterocycles. The molecular weight excluding hydrogens is 206 g/mol. The Hall–Kier alpha value is -1.93. The number of hydrogen-bond acceptors (Lipinski definition) is 4. The fourth-order valence-electron chi connectivity index (χ4n) is 1.36. The van der Waals surface area contributed by atoms with Crippen molar-refractivity contribution in [1.29, 1.82) is 5.26 Å². The summed E-state index contributed by atoms with van der Waals surface area (Å²) >= 11 is 0. The van der Waals surface area contributed by atoms with Gasteiger partial charge in [-0.15, -0.1) is 0 Å². The van der Waals surface area contributed by atoms with E-state index >= 15 is 0 Å². The lowest BCUT2D eigenvalue weighted by molar-refractivity contribution is -0.384. The Kier molecular flexibility index (Phi) is 3.59. The van der Waals surface area contributed by atoms with Crippen molar-refractivity contribution in [2.45, 2.75) is 19.4 Å². The SMILES string of the molecule is CC(C)(NCC#N)c1ccc([N+](=O)[O-])cc1. The lowest BCUT2D eigenvalue weighted by Crippen LogP contribution is -2.36. The van der Waals surface area contributed by atoms with Crippen molar-refractivity contribution in [3.8, 4) is 6.07 Å². The predicted octanol–water partition coefficient (Wildman–Crippen LogP) is 1.94. The van der Waals surface area contributed by atoms with Gasteiger partial charge in [0.15, 0.2) is 0 Å². The van der Waals surface area contributed by atoms with Crippen molar-refractivity contribution in [2.75, 3.05) is 6.54 Å². The van der Waals surface area contributed by atoms with E-state index in [9.17, 15) is 10.1 Å². The number of nitro benzene ring substituents is 1. The zero-order valence-corrected chi connectivity index (χ0v) is 9.23. The van der Waals surface area contributed by atoms with Crippen LogP contribution >= 0.6 is 0 Å². The van der Waals surface area contributed by atoms with Gasteiger partial charge in [-0.2, -0.15) is 5.26 Å². The van der Waals surface area contributed by atoms with Crippen molar-refractivity contribution >= 4 is 5.69 Å². The molecule has 5 nitrogen and oxygen atoms in total. The molecule has 0 unspecified atom stereocenters. The van der Waals surface area contributed by atoms with E-state index in [1.165, 1.54) is 12.1 Å². The first-order chi connectivity index (χ1) is 7.47. The Balaban J connectivity index is 2.88. The van der Waals surface area contributed by atoms with Crippen LogP contribution in [0.5, 0.6) is 0 Å². The second-order valence-electron chi connectivity index (χ2n) is 3.94. The summed E-state index contributed by atoms with van der Waals surface area (Å²) in [6.07, 6.45) is 0. The Morgan fingerprint density at radius 3 is 2.44 bits per heavy atom. The Bertz CT molecular complexity index is 418. The third-order valence-electron chi connectivity index (χ3n) is 2.41. The lowest BCUT2D eigenvalue weighted by atomic mass is 9.94. The first-order valence-electron chi connectivity index (χ1n) is 4.84. The van der Waals surface area contributed by atoms with Crippen LogP contribution in [0.1, 0.15) is 19.4 Å². The second-order valence-corrected chi connectivity index (χ2v) is 3.94. The van der Waals surface area contributed by atoms with E-state index in [0.29, 0.717) is 0 Å². The minimum absolute atomic E-state index is 0.0693. The van der Waals surface area contributed by atoms with Gasteiger partial charge in [0.05, 0.1) is 17.5 Å². The average Bonchev–Trinajstić information content (AvgIpc) is 2.26. The molecule has 0 saturated heterocycles. The van der Waals surface area contributed by atoms with Gasteiger partial charge >= 0.3 is 0 Å². The number of rotatable bonds is 4. The molecule has 16 heavy (non-hydrogen) atoms. The highest BCUT2D eigenvalue weighted by molar-refractivity contribution is 5.35. The van der Waals surface area contributed by atoms with Crippen LogP contribution in [0.15, 0.2) is 24.3 Å². The summed E-state index contributed by atoms with van der Waals surface area (Å²) in [6, 6.07) is 8.32. The Labute approximate surface area is 93.9 Å². The third-order valence-corrected chi connectivity index (χ3v) is 2.41. The average molecular weight is 219 g/mol. The molecule has 0 saturated carbocycles. The highest BCUT2D eigenvalue weighted by Crippen LogP contribution is 2.22. The van der Waals surface area contributed by atoms with E-state index in [1.54, 1.807) is 12.1 Å². The van der Waals surface area contributed by atoms with Crippen LogP contribution in [-0.2, 0) is 5.54 Å². The maximum absolute atomic E-state index is 10.5. The molecule has 1 aromatic carbocycles. The summed E-state index contributed by atoms with van der Waals surface area (Å²) in [6.45, 7) is 4.08. The van der Waals surface area contributed by atoms with Gasteiger partial charge < -0.3 is 0 Å². The maximum Gasteiger partial charge on any atom is 0.269 e. The van der Waals surface area contributed by atoms with E-state index in [0.717, 1.165) is 5.56 Å². The van der Waals surface area contributed by atoms with Crippen LogP contribution in [0.2, 0.25) is 0 Å². The van der Waals surface area contributed by atoms with Gasteiger partial charge in [-0.1, -0.05) is 12.1 Å². The standard InChI is InChI=1S/C11H13N3O2/c1-11(2,13-8-7-12)9-3-5-10(6-4-9)14(15)16/h3-6,13H,8H2,1-2H3. The van der Waals surface area contributed by atoms with Crippen molar-refractivity contribution in [2.24, 2.45) is 0 Å². The quantitative estimate of drug-likeness (QED) is 0.477. The van der Waals surface area contributed by atoms with Gasteiger partial charge in [0.1, 0.15) is 0 Å². The number of nitrogens with zero attached hydrogens (tertiary/aromatic N) is 2. The van der Waals surface area contributed by atoms with Crippen LogP contribution in [0.25, 0.3) is 0 Å². The fraction of sp³-hybridized carbons (Fsp3) is 0.364. The van der Waals surface area contributed by atoms with E-state index in [4.69, 9.17) is 5.26 Å². The van der Waals surface area contributed by atoms with Gasteiger partial charge in [-0.3, -0.25) is 15.4 Å². The molecule has 0 atom stereocenters. The number of non-ortho nitro benzene ring substituents is 1. The second kappa shape index (κ2) is 4.73. The molecule has 1 N–H and O–H groups in total. The number of nitrogens with one attached hydrogen (secondary N) is 1. The van der Waals surface area contributed by atoms with Gasteiger partial charge in [-0.05, 0) is 19.4 Å². The van der Waals surface area contributed by atoms with Crippen molar-refractivity contribution in [3.63, 3.8) is 0 Å². The molecule has 0 aliphatic heterocycles. The van der Waals surface area contributed by atoms with Crippen LogP contribution in [0.4, 0.5) is 5.69 Å². The first-order valence-corrected chi connectivity index (χ1v) is 4.84. The lowest BCUT2D eigenvalue weighted by Gasteiger charge is -2.25. The molecule has 0 radical (unpaired) electrons. The summed E-state index contributed by atoms with van der Waals surface area (Å²) in [7, 11) is 0. The largest absolute Gasteiger partial charge is 0.295 e. The summed E-state index contributed by atoms with van der Waals surface area (Å²) in [5.74, 6) is 0. The smallest absolute Gasteiger partial charge is 0.269 e. The van der Waals surface area contributed by atoms with E-state index in [-0.39, 0.29) is 17.8 Å². The maximum atomic E-state index is 10.5. The van der Waals surface area contributed by atoms with Gasteiger partial charge in [0.2, 0.25) is 0 Å². The normalized spacial score (nSPS) is 10.8. The highest BCUT2D eigenvalue weighted by Gasteiger charge is 2.20. The van der Waals surface area contributed by atoms with E-state index in [1.807, 2.05) is 19.9 Å². The number of nitriles is 1. The number of nitro groups is 1. The Morgan fingerprint density at radius 1 is 1.44 bits per heavy atom. The van der Waals surface area contributed by atoms with Crippen molar-refractivity contribution < 1.29 is 4.92 Å². The van der Waals surface area contributed by atoms with Gasteiger partial charge in [0.25, 0.3) is 5.69 Å². The third kappa shape index (κ3) is 2.78. The molecule has 1 aromatic rings. The number of hydrogen-bond donors (Lipinski definition) is 1. The number of benzene rings is 1. The minimum atomic E-state index is -0.431. The van der Waals surface area contributed by atoms with Crippen molar-refractivity contribution in [3.05, 3.63) is 39.9 Å². The van der Waals surface area contributed by atoms with E-state index < -0.39 is 4.92 Å². The topological polar surface area (TPSA) is 79.0 Å². The Morgan fingerprint density at radius 2 is 2.00 bits per heavy atom. The van der Waals surface area contributed by atoms with E-state index in [2.05, 4.69) is 5.32 Å². The molecule has 0 aliphatic carbocycles. The van der Waals surface area contributed by atoms with Gasteiger partial charge in [-0.25, -0.2) is 0 Å². The molecule has 5 heteroatoms. The summed E-state index contributed by atoms with van der Waals surface area (Å²) in [5.41, 5.74) is 0.610. The molecule has 0 spiro atoms. The van der Waals surface area contributed by atoms with Gasteiger partial charge in [0, 0.05) is 17.7 Å². The van der Waals surface area contributed by atoms with Crippen LogP contribution < -0.4 is 5.32 Å². The predicted molar refractivity (Wildman–Crippen MR) is 59.7 cm³/mol.